The van der Waals surface area contributed by atoms with Gasteiger partial charge in [0.1, 0.15) is 18.0 Å². The van der Waals surface area contributed by atoms with Crippen LogP contribution in [0, 0.1) is 0 Å². The zero-order valence-corrected chi connectivity index (χ0v) is 13.3. The molecule has 0 spiro atoms. The number of carbonyl (C=O) groups is 2. The molecule has 0 unspecified atom stereocenters. The van der Waals surface area contributed by atoms with Gasteiger partial charge in [-0.3, -0.25) is 4.79 Å². The van der Waals surface area contributed by atoms with Crippen LogP contribution in [0.4, 0.5) is 5.69 Å². The molecule has 0 radical (unpaired) electrons. The molecule has 0 amide bonds. The number of ether oxygens (including phenoxy) is 2. The Balaban J connectivity index is 2.54. The first-order valence-corrected chi connectivity index (χ1v) is 7.17. The maximum absolute atomic E-state index is 11.9. The minimum Gasteiger partial charge on any atom is -0.492 e. The van der Waals surface area contributed by atoms with Crippen LogP contribution in [0.3, 0.4) is 0 Å². The number of hydrogen-bond donors (Lipinski definition) is 2. The number of benzene rings is 1. The molecule has 0 aliphatic heterocycles. The van der Waals surface area contributed by atoms with Crippen LogP contribution in [-0.4, -0.2) is 37.8 Å². The number of anilines is 1. The molecule has 0 saturated carbocycles. The topological polar surface area (TPSA) is 90.7 Å². The Morgan fingerprint density at radius 2 is 2.00 bits per heavy atom. The molecule has 0 aromatic heterocycles. The molecule has 1 aromatic carbocycles. The molecule has 0 bridgehead atoms. The molecule has 0 fully saturated rings. The minimum absolute atomic E-state index is 0.125. The van der Waals surface area contributed by atoms with Gasteiger partial charge in [0, 0.05) is 11.7 Å². The number of nitrogen functional groups attached to an aromatic ring is 1. The molecule has 1 aromatic rings. The van der Waals surface area contributed by atoms with E-state index < -0.39 is 5.60 Å². The van der Waals surface area contributed by atoms with Crippen LogP contribution < -0.4 is 15.7 Å². The standard InChI is InChI=1S/C15H23BN2O4/c1-15(2,3)22-14(20)8-12(18-16-10-19)9-21-13-6-4-11(17)5-7-13/h4-7,10,12,16,18H,8-9,17H2,1-3H3/t12-/m1/s1. The molecule has 1 rings (SSSR count). The molecule has 120 valence electrons. The van der Waals surface area contributed by atoms with Crippen molar-refractivity contribution in [1.29, 1.82) is 0 Å². The summed E-state index contributed by atoms with van der Waals surface area (Å²) >= 11 is 0. The first-order valence-electron chi connectivity index (χ1n) is 7.17. The Labute approximate surface area is 131 Å². The van der Waals surface area contributed by atoms with Gasteiger partial charge in [0.15, 0.2) is 0 Å². The lowest BCUT2D eigenvalue weighted by Gasteiger charge is -2.22. The molecule has 6 nitrogen and oxygen atoms in total. The molecule has 22 heavy (non-hydrogen) atoms. The van der Waals surface area contributed by atoms with Crippen molar-refractivity contribution >= 4 is 25.3 Å². The van der Waals surface area contributed by atoms with Gasteiger partial charge in [-0.05, 0) is 45.0 Å². The fraction of sp³-hybridized carbons (Fsp3) is 0.467. The Bertz CT molecular complexity index is 485. The third kappa shape index (κ3) is 7.68. The summed E-state index contributed by atoms with van der Waals surface area (Å²) in [5.41, 5.74) is 5.72. The largest absolute Gasteiger partial charge is 0.492 e. The number of rotatable bonds is 8. The van der Waals surface area contributed by atoms with Crippen molar-refractivity contribution in [2.45, 2.75) is 38.8 Å². The Morgan fingerprint density at radius 1 is 1.36 bits per heavy atom. The summed E-state index contributed by atoms with van der Waals surface area (Å²) in [5, 5.41) is 2.95. The van der Waals surface area contributed by atoms with E-state index in [1.165, 1.54) is 0 Å². The monoisotopic (exact) mass is 306 g/mol. The van der Waals surface area contributed by atoms with Crippen LogP contribution in [0.1, 0.15) is 27.2 Å². The van der Waals surface area contributed by atoms with Gasteiger partial charge in [-0.2, -0.15) is 0 Å². The van der Waals surface area contributed by atoms with Crippen molar-refractivity contribution in [3.8, 4) is 5.75 Å². The number of carbonyl (C=O) groups excluding carboxylic acids is 2. The lowest BCUT2D eigenvalue weighted by atomic mass is 9.96. The van der Waals surface area contributed by atoms with Gasteiger partial charge in [0.05, 0.1) is 12.6 Å². The van der Waals surface area contributed by atoms with Crippen LogP contribution in [0.2, 0.25) is 0 Å². The summed E-state index contributed by atoms with van der Waals surface area (Å²) in [6, 6.07) is 6.66. The van der Waals surface area contributed by atoms with Crippen LogP contribution in [0.15, 0.2) is 24.3 Å². The third-order valence-corrected chi connectivity index (χ3v) is 2.65. The van der Waals surface area contributed by atoms with E-state index in [1.54, 1.807) is 24.3 Å². The lowest BCUT2D eigenvalue weighted by Crippen LogP contribution is -2.40. The zero-order valence-electron chi connectivity index (χ0n) is 13.3. The summed E-state index contributed by atoms with van der Waals surface area (Å²) in [4.78, 5) is 22.4. The normalized spacial score (nSPS) is 12.3. The van der Waals surface area contributed by atoms with Gasteiger partial charge in [-0.1, -0.05) is 0 Å². The van der Waals surface area contributed by atoms with Crippen molar-refractivity contribution in [2.24, 2.45) is 0 Å². The maximum Gasteiger partial charge on any atom is 0.307 e. The van der Waals surface area contributed by atoms with Crippen molar-refractivity contribution in [3.63, 3.8) is 0 Å². The molecule has 0 saturated heterocycles. The average molecular weight is 306 g/mol. The van der Waals surface area contributed by atoms with Crippen LogP contribution in [0.5, 0.6) is 5.75 Å². The molecule has 1 atom stereocenters. The van der Waals surface area contributed by atoms with Crippen LogP contribution >= 0.6 is 0 Å². The van der Waals surface area contributed by atoms with Crippen molar-refractivity contribution in [3.05, 3.63) is 24.3 Å². The highest BCUT2D eigenvalue weighted by atomic mass is 16.6. The van der Waals surface area contributed by atoms with Crippen molar-refractivity contribution < 1.29 is 19.1 Å². The molecule has 0 aliphatic carbocycles. The van der Waals surface area contributed by atoms with E-state index in [2.05, 4.69) is 5.23 Å². The fourth-order valence-electron chi connectivity index (χ4n) is 1.75. The summed E-state index contributed by atoms with van der Waals surface area (Å²) in [5.74, 6) is 0.313. The Morgan fingerprint density at radius 3 is 2.55 bits per heavy atom. The molecular weight excluding hydrogens is 283 g/mol. The van der Waals surface area contributed by atoms with Gasteiger partial charge >= 0.3 is 5.97 Å². The summed E-state index contributed by atoms with van der Waals surface area (Å²) < 4.78 is 10.9. The van der Waals surface area contributed by atoms with E-state index in [-0.39, 0.29) is 32.5 Å². The number of hydrogen-bond acceptors (Lipinski definition) is 6. The van der Waals surface area contributed by atoms with Crippen LogP contribution in [0.25, 0.3) is 0 Å². The highest BCUT2D eigenvalue weighted by Gasteiger charge is 2.20. The van der Waals surface area contributed by atoms with E-state index in [0.29, 0.717) is 11.4 Å². The molecule has 0 heterocycles. The predicted molar refractivity (Wildman–Crippen MR) is 87.6 cm³/mol. The van der Waals surface area contributed by atoms with Gasteiger partial charge < -0.3 is 25.2 Å². The van der Waals surface area contributed by atoms with E-state index in [9.17, 15) is 9.59 Å². The highest BCUT2D eigenvalue weighted by molar-refractivity contribution is 6.64. The SMILES string of the molecule is CC(C)(C)OC(=O)C[C@H](COc1ccc(N)cc1)NBC=O. The van der Waals surface area contributed by atoms with E-state index in [0.717, 1.165) is 6.19 Å². The van der Waals surface area contributed by atoms with E-state index in [1.807, 2.05) is 20.8 Å². The molecule has 0 aliphatic rings. The number of esters is 1. The van der Waals surface area contributed by atoms with Gasteiger partial charge in [0.25, 0.3) is 7.41 Å². The maximum atomic E-state index is 11.9. The van der Waals surface area contributed by atoms with Crippen molar-refractivity contribution in [2.75, 3.05) is 12.3 Å². The number of nitrogens with one attached hydrogen (secondary N) is 1. The fourth-order valence-corrected chi connectivity index (χ4v) is 1.75. The Hall–Kier alpha value is -2.02. The third-order valence-electron chi connectivity index (χ3n) is 2.65. The van der Waals surface area contributed by atoms with E-state index >= 15 is 0 Å². The molecular formula is C15H23BN2O4. The first kappa shape index (κ1) is 18.0. The second-order valence-electron chi connectivity index (χ2n) is 5.94. The first-order chi connectivity index (χ1) is 10.3. The second kappa shape index (κ2) is 8.43. The molecule has 3 N–H and O–H groups in total. The minimum atomic E-state index is -0.538. The predicted octanol–water partition coefficient (Wildman–Crippen LogP) is 0.879. The van der Waals surface area contributed by atoms with Gasteiger partial charge in [0.2, 0.25) is 0 Å². The number of nitrogens with two attached hydrogens (primary N) is 1. The van der Waals surface area contributed by atoms with Gasteiger partial charge in [-0.15, -0.1) is 0 Å². The summed E-state index contributed by atoms with van der Waals surface area (Å²) in [6.07, 6.45) is 0.866. The highest BCUT2D eigenvalue weighted by Crippen LogP contribution is 2.14. The van der Waals surface area contributed by atoms with Gasteiger partial charge in [-0.25, -0.2) is 0 Å². The smallest absolute Gasteiger partial charge is 0.307 e. The summed E-state index contributed by atoms with van der Waals surface area (Å²) in [7, 11) is 0.151. The van der Waals surface area contributed by atoms with Crippen LogP contribution in [-0.2, 0) is 14.3 Å². The quantitative estimate of drug-likeness (QED) is 0.321. The average Bonchev–Trinajstić information content (AvgIpc) is 2.41. The second-order valence-corrected chi connectivity index (χ2v) is 5.94. The van der Waals surface area contributed by atoms with E-state index in [4.69, 9.17) is 15.2 Å². The molecule has 7 heteroatoms. The van der Waals surface area contributed by atoms with Crippen molar-refractivity contribution in [1.82, 2.24) is 5.23 Å². The Kier molecular flexibility index (Phi) is 6.91. The lowest BCUT2D eigenvalue weighted by molar-refractivity contribution is -0.155. The zero-order chi connectivity index (χ0) is 16.6. The summed E-state index contributed by atoms with van der Waals surface area (Å²) in [6.45, 7) is 5.67.